The Hall–Kier alpha value is -2.83. The van der Waals surface area contributed by atoms with E-state index in [1.165, 1.54) is 0 Å². The Morgan fingerprint density at radius 3 is 2.63 bits per heavy atom. The second kappa shape index (κ2) is 9.78. The molecular formula is C23H29NO6. The lowest BCUT2D eigenvalue weighted by molar-refractivity contribution is -0.137. The molecule has 1 amide bonds. The number of carbonyl (C=O) groups is 2. The average molecular weight is 415 g/mol. The quantitative estimate of drug-likeness (QED) is 0.480. The molecule has 0 saturated carbocycles. The second-order valence-electron chi connectivity index (χ2n) is 7.87. The molecule has 0 aliphatic heterocycles. The van der Waals surface area contributed by atoms with E-state index in [0.29, 0.717) is 29.9 Å². The van der Waals surface area contributed by atoms with E-state index in [9.17, 15) is 14.4 Å². The predicted octanol–water partition coefficient (Wildman–Crippen LogP) is 3.51. The van der Waals surface area contributed by atoms with E-state index < -0.39 is 12.1 Å². The highest BCUT2D eigenvalue weighted by molar-refractivity contribution is 5.86. The lowest BCUT2D eigenvalue weighted by Crippen LogP contribution is -2.37. The van der Waals surface area contributed by atoms with Gasteiger partial charge < -0.3 is 19.6 Å². The van der Waals surface area contributed by atoms with Crippen LogP contribution in [0.2, 0.25) is 0 Å². The Morgan fingerprint density at radius 1 is 1.17 bits per heavy atom. The number of ether oxygens (including phenoxy) is 1. The number of amides is 1. The molecular weight excluding hydrogens is 386 g/mol. The summed E-state index contributed by atoms with van der Waals surface area (Å²) in [6.07, 6.45) is 5.22. The smallest absolute Gasteiger partial charge is 0.339 e. The van der Waals surface area contributed by atoms with Crippen LogP contribution in [0, 0.1) is 6.92 Å². The number of carbonyl (C=O) groups excluding carboxylic acids is 1. The van der Waals surface area contributed by atoms with Crippen LogP contribution in [-0.2, 0) is 22.4 Å². The van der Waals surface area contributed by atoms with Crippen molar-refractivity contribution in [3.05, 3.63) is 39.2 Å². The fourth-order valence-electron chi connectivity index (χ4n) is 3.93. The minimum atomic E-state index is -0.803. The summed E-state index contributed by atoms with van der Waals surface area (Å²) in [4.78, 5) is 35.2. The van der Waals surface area contributed by atoms with Crippen LogP contribution in [0.3, 0.4) is 0 Å². The Morgan fingerprint density at radius 2 is 1.90 bits per heavy atom. The van der Waals surface area contributed by atoms with E-state index in [2.05, 4.69) is 5.32 Å². The molecule has 162 valence electrons. The molecule has 0 radical (unpaired) electrons. The van der Waals surface area contributed by atoms with E-state index in [1.807, 2.05) is 19.1 Å². The molecule has 1 aliphatic rings. The van der Waals surface area contributed by atoms with Crippen LogP contribution < -0.4 is 15.7 Å². The van der Waals surface area contributed by atoms with E-state index >= 15 is 0 Å². The minimum Gasteiger partial charge on any atom is -0.481 e. The van der Waals surface area contributed by atoms with Crippen molar-refractivity contribution in [2.75, 3.05) is 6.54 Å². The van der Waals surface area contributed by atoms with Crippen LogP contribution in [0.1, 0.15) is 62.1 Å². The van der Waals surface area contributed by atoms with Crippen molar-refractivity contribution in [2.24, 2.45) is 0 Å². The van der Waals surface area contributed by atoms with E-state index in [0.717, 1.165) is 55.0 Å². The van der Waals surface area contributed by atoms with E-state index in [1.54, 1.807) is 6.92 Å². The Labute approximate surface area is 175 Å². The third-order valence-corrected chi connectivity index (χ3v) is 5.63. The van der Waals surface area contributed by atoms with Crippen LogP contribution in [0.15, 0.2) is 21.3 Å². The van der Waals surface area contributed by atoms with Crippen molar-refractivity contribution < 1.29 is 23.8 Å². The van der Waals surface area contributed by atoms with Crippen LogP contribution >= 0.6 is 0 Å². The highest BCUT2D eigenvalue weighted by Crippen LogP contribution is 2.32. The fraction of sp³-hybridized carbons (Fsp3) is 0.522. The van der Waals surface area contributed by atoms with Crippen molar-refractivity contribution in [1.82, 2.24) is 5.32 Å². The number of carboxylic acids is 1. The monoisotopic (exact) mass is 415 g/mol. The fourth-order valence-corrected chi connectivity index (χ4v) is 3.93. The lowest BCUT2D eigenvalue weighted by Gasteiger charge is -2.19. The maximum absolute atomic E-state index is 12.4. The molecule has 2 aromatic rings. The van der Waals surface area contributed by atoms with Gasteiger partial charge in [-0.15, -0.1) is 0 Å². The van der Waals surface area contributed by atoms with Crippen molar-refractivity contribution in [1.29, 1.82) is 0 Å². The number of hydrogen-bond donors (Lipinski definition) is 2. The Balaban J connectivity index is 1.64. The van der Waals surface area contributed by atoms with Gasteiger partial charge in [-0.05, 0) is 70.1 Å². The number of aryl methyl sites for hydroxylation is 2. The molecule has 1 atom stereocenters. The van der Waals surface area contributed by atoms with Crippen LogP contribution in [0.5, 0.6) is 5.75 Å². The van der Waals surface area contributed by atoms with Gasteiger partial charge in [0.1, 0.15) is 11.3 Å². The predicted molar refractivity (Wildman–Crippen MR) is 113 cm³/mol. The summed E-state index contributed by atoms with van der Waals surface area (Å²) in [7, 11) is 0. The van der Waals surface area contributed by atoms with Gasteiger partial charge in [0, 0.05) is 29.5 Å². The van der Waals surface area contributed by atoms with Crippen LogP contribution in [0.4, 0.5) is 0 Å². The number of aliphatic carboxylic acids is 1. The highest BCUT2D eigenvalue weighted by atomic mass is 16.5. The maximum Gasteiger partial charge on any atom is 0.339 e. The van der Waals surface area contributed by atoms with Crippen molar-refractivity contribution in [3.8, 4) is 5.75 Å². The summed E-state index contributed by atoms with van der Waals surface area (Å²) in [6.45, 7) is 3.99. The highest BCUT2D eigenvalue weighted by Gasteiger charge is 2.21. The molecule has 30 heavy (non-hydrogen) atoms. The lowest BCUT2D eigenvalue weighted by atomic mass is 9.90. The first-order valence-electron chi connectivity index (χ1n) is 10.6. The summed E-state index contributed by atoms with van der Waals surface area (Å²) >= 11 is 0. The molecule has 1 aromatic carbocycles. The minimum absolute atomic E-state index is 0.147. The number of nitrogens with one attached hydrogen (secondary N) is 1. The van der Waals surface area contributed by atoms with Gasteiger partial charge >= 0.3 is 11.6 Å². The molecule has 0 fully saturated rings. The molecule has 0 spiro atoms. The van der Waals surface area contributed by atoms with Crippen LogP contribution in [0.25, 0.3) is 11.0 Å². The van der Waals surface area contributed by atoms with E-state index in [-0.39, 0.29) is 18.0 Å². The number of hydrogen-bond acceptors (Lipinski definition) is 5. The van der Waals surface area contributed by atoms with E-state index in [4.69, 9.17) is 14.3 Å². The van der Waals surface area contributed by atoms with Crippen molar-refractivity contribution in [2.45, 2.75) is 71.3 Å². The summed E-state index contributed by atoms with van der Waals surface area (Å²) in [5.74, 6) is -0.520. The van der Waals surface area contributed by atoms with Gasteiger partial charge in [0.25, 0.3) is 5.91 Å². The number of rotatable bonds is 9. The molecule has 0 unspecified atom stereocenters. The summed E-state index contributed by atoms with van der Waals surface area (Å²) in [5.41, 5.74) is 2.84. The second-order valence-corrected chi connectivity index (χ2v) is 7.87. The Kier molecular flexibility index (Phi) is 7.13. The maximum atomic E-state index is 12.4. The SMILES string of the molecule is Cc1c(O[C@H](C)C(=O)NCCCCCC(=O)O)ccc2c3c(c(=O)oc12)CCCC3. The third-order valence-electron chi connectivity index (χ3n) is 5.63. The van der Waals surface area contributed by atoms with Crippen LogP contribution in [-0.4, -0.2) is 29.6 Å². The molecule has 2 N–H and O–H groups in total. The zero-order valence-corrected chi connectivity index (χ0v) is 17.6. The molecule has 7 heteroatoms. The van der Waals surface area contributed by atoms with Crippen molar-refractivity contribution >= 4 is 22.8 Å². The number of carboxylic acid groups (broad SMARTS) is 1. The molecule has 1 aliphatic carbocycles. The zero-order chi connectivity index (χ0) is 21.7. The molecule has 3 rings (SSSR count). The zero-order valence-electron chi connectivity index (χ0n) is 17.6. The van der Waals surface area contributed by atoms with Gasteiger partial charge in [0.15, 0.2) is 6.10 Å². The standard InChI is InChI=1S/C23H29NO6/c1-14-19(29-15(2)22(27)24-13-7-3-4-10-20(25)26)12-11-17-16-8-5-6-9-18(16)23(28)30-21(14)17/h11-12,15H,3-10,13H2,1-2H3,(H,24,27)(H,25,26)/t15-/m1/s1. The number of benzene rings is 1. The summed E-state index contributed by atoms with van der Waals surface area (Å²) in [6, 6.07) is 3.75. The average Bonchev–Trinajstić information content (AvgIpc) is 2.72. The number of fused-ring (bicyclic) bond motifs is 3. The summed E-state index contributed by atoms with van der Waals surface area (Å²) in [5, 5.41) is 12.4. The normalized spacial score (nSPS) is 14.2. The molecule has 0 saturated heterocycles. The van der Waals surface area contributed by atoms with Gasteiger partial charge in [0.2, 0.25) is 0 Å². The largest absolute Gasteiger partial charge is 0.481 e. The first-order chi connectivity index (χ1) is 14.4. The molecule has 0 bridgehead atoms. The van der Waals surface area contributed by atoms with Gasteiger partial charge in [0.05, 0.1) is 0 Å². The molecule has 1 heterocycles. The third kappa shape index (κ3) is 5.01. The molecule has 7 nitrogen and oxygen atoms in total. The van der Waals surface area contributed by atoms with Gasteiger partial charge in [-0.2, -0.15) is 0 Å². The van der Waals surface area contributed by atoms with Crippen molar-refractivity contribution in [3.63, 3.8) is 0 Å². The van der Waals surface area contributed by atoms with Gasteiger partial charge in [-0.25, -0.2) is 4.79 Å². The first kappa shape index (κ1) is 21.9. The Bertz CT molecular complexity index is 993. The van der Waals surface area contributed by atoms with Gasteiger partial charge in [-0.3, -0.25) is 9.59 Å². The topological polar surface area (TPSA) is 106 Å². The first-order valence-corrected chi connectivity index (χ1v) is 10.6. The molecule has 1 aromatic heterocycles. The van der Waals surface area contributed by atoms with Gasteiger partial charge in [-0.1, -0.05) is 6.42 Å². The summed E-state index contributed by atoms with van der Waals surface area (Å²) < 4.78 is 11.5. The number of unbranched alkanes of at least 4 members (excludes halogenated alkanes) is 2.